The summed E-state index contributed by atoms with van der Waals surface area (Å²) in [5.74, 6) is -1.00. The zero-order valence-electron chi connectivity index (χ0n) is 20.3. The van der Waals surface area contributed by atoms with Gasteiger partial charge in [0.15, 0.2) is 0 Å². The number of aryl methyl sites for hydroxylation is 2. The average molecular weight is 529 g/mol. The molecule has 6 rings (SSSR count). The molecule has 0 spiro atoms. The number of aromatic amines is 1. The maximum Gasteiger partial charge on any atom is 0.305 e. The molecular formula is C29H24N2O4S2. The molecule has 6 nitrogen and oxygen atoms in total. The SMILES string of the molecule is Cc1ccc(N2C(=O)C3Sc4[nH]c(=O)sc4C(c4ccccc4OCc4ccccc4C)C3C2=O)cc1. The number of imide groups is 1. The van der Waals surface area contributed by atoms with Gasteiger partial charge in [-0.1, -0.05) is 83.3 Å². The highest BCUT2D eigenvalue weighted by atomic mass is 32.2. The van der Waals surface area contributed by atoms with Crippen molar-refractivity contribution in [2.75, 3.05) is 4.90 Å². The third kappa shape index (κ3) is 4.10. The number of thioether (sulfide) groups is 1. The monoisotopic (exact) mass is 528 g/mol. The number of nitrogens with one attached hydrogen (secondary N) is 1. The van der Waals surface area contributed by atoms with Crippen LogP contribution in [0.2, 0.25) is 0 Å². The fourth-order valence-corrected chi connectivity index (χ4v) is 7.60. The van der Waals surface area contributed by atoms with Crippen LogP contribution in [0.1, 0.15) is 33.0 Å². The molecule has 8 heteroatoms. The Kier molecular flexibility index (Phi) is 6.01. The Morgan fingerprint density at radius 2 is 1.62 bits per heavy atom. The summed E-state index contributed by atoms with van der Waals surface area (Å²) in [6.07, 6.45) is 0. The molecule has 2 aliphatic heterocycles. The van der Waals surface area contributed by atoms with Gasteiger partial charge >= 0.3 is 4.87 Å². The molecule has 1 N–H and O–H groups in total. The van der Waals surface area contributed by atoms with Gasteiger partial charge in [0.25, 0.3) is 0 Å². The molecule has 0 bridgehead atoms. The van der Waals surface area contributed by atoms with E-state index >= 15 is 0 Å². The highest BCUT2D eigenvalue weighted by Gasteiger charge is 2.56. The number of ether oxygens (including phenoxy) is 1. The van der Waals surface area contributed by atoms with Crippen LogP contribution in [-0.2, 0) is 16.2 Å². The number of aromatic nitrogens is 1. The molecule has 4 aromatic rings. The summed E-state index contributed by atoms with van der Waals surface area (Å²) in [5, 5.41) is 0.0165. The van der Waals surface area contributed by atoms with E-state index in [1.54, 1.807) is 12.1 Å². The zero-order chi connectivity index (χ0) is 25.7. The lowest BCUT2D eigenvalue weighted by atomic mass is 9.82. The second kappa shape index (κ2) is 9.36. The largest absolute Gasteiger partial charge is 0.489 e. The fourth-order valence-electron chi connectivity index (χ4n) is 5.10. The highest BCUT2D eigenvalue weighted by molar-refractivity contribution is 8.00. The number of amides is 2. The normalized spacial score (nSPS) is 20.6. The van der Waals surface area contributed by atoms with Crippen LogP contribution in [0.4, 0.5) is 5.69 Å². The van der Waals surface area contributed by atoms with Crippen LogP contribution in [-0.4, -0.2) is 22.0 Å². The van der Waals surface area contributed by atoms with Crippen LogP contribution in [0.25, 0.3) is 0 Å². The number of fused-ring (bicyclic) bond motifs is 2. The average Bonchev–Trinajstić information content (AvgIpc) is 3.39. The number of hydrogen-bond acceptors (Lipinski definition) is 6. The van der Waals surface area contributed by atoms with E-state index in [4.69, 9.17) is 4.74 Å². The molecule has 2 amide bonds. The number of rotatable bonds is 5. The number of carbonyl (C=O) groups excluding carboxylic acids is 2. The number of para-hydroxylation sites is 1. The zero-order valence-corrected chi connectivity index (χ0v) is 21.9. The van der Waals surface area contributed by atoms with Gasteiger partial charge in [-0.2, -0.15) is 0 Å². The van der Waals surface area contributed by atoms with Gasteiger partial charge in [-0.15, -0.1) is 0 Å². The maximum atomic E-state index is 13.9. The number of carbonyl (C=O) groups is 2. The number of thiazole rings is 1. The minimum absolute atomic E-state index is 0.198. The van der Waals surface area contributed by atoms with Crippen molar-refractivity contribution in [3.63, 3.8) is 0 Å². The number of anilines is 1. The van der Waals surface area contributed by atoms with E-state index in [1.807, 2.05) is 74.5 Å². The molecule has 1 saturated heterocycles. The fraction of sp³-hybridized carbons (Fsp3) is 0.207. The molecule has 3 aromatic carbocycles. The number of benzene rings is 3. The summed E-state index contributed by atoms with van der Waals surface area (Å²) < 4.78 is 6.31. The van der Waals surface area contributed by atoms with Crippen molar-refractivity contribution in [2.45, 2.75) is 36.6 Å². The molecule has 2 aliphatic rings. The minimum atomic E-state index is -0.652. The smallest absolute Gasteiger partial charge is 0.305 e. The molecule has 3 unspecified atom stereocenters. The van der Waals surface area contributed by atoms with Gasteiger partial charge < -0.3 is 9.72 Å². The third-order valence-electron chi connectivity index (χ3n) is 7.01. The summed E-state index contributed by atoms with van der Waals surface area (Å²) >= 11 is 2.38. The lowest BCUT2D eigenvalue weighted by Gasteiger charge is -2.30. The standard InChI is InChI=1S/C29H24N2O4S2/c1-16-11-13-19(14-12-16)31-27(32)23-22(24-26(30-29(34)37-24)36-25(23)28(31)33)20-9-5-6-10-21(20)35-15-18-8-4-3-7-17(18)2/h3-14,22-23,25H,15H2,1-2H3,(H,30,34). The predicted molar refractivity (Wildman–Crippen MR) is 146 cm³/mol. The van der Waals surface area contributed by atoms with Crippen LogP contribution in [0.5, 0.6) is 5.75 Å². The molecule has 0 aliphatic carbocycles. The number of nitrogens with zero attached hydrogens (tertiary/aromatic N) is 1. The first-order chi connectivity index (χ1) is 17.9. The lowest BCUT2D eigenvalue weighted by Crippen LogP contribution is -2.32. The second-order valence-corrected chi connectivity index (χ2v) is 11.5. The molecule has 186 valence electrons. The summed E-state index contributed by atoms with van der Waals surface area (Å²) in [5.41, 5.74) is 4.61. The van der Waals surface area contributed by atoms with E-state index in [0.29, 0.717) is 23.1 Å². The molecular weight excluding hydrogens is 504 g/mol. The van der Waals surface area contributed by atoms with Crippen molar-refractivity contribution < 1.29 is 14.3 Å². The van der Waals surface area contributed by atoms with Gasteiger partial charge in [0.1, 0.15) is 17.6 Å². The van der Waals surface area contributed by atoms with Crippen LogP contribution in [0.3, 0.4) is 0 Å². The van der Waals surface area contributed by atoms with Gasteiger partial charge in [0.2, 0.25) is 11.8 Å². The first-order valence-electron chi connectivity index (χ1n) is 12.0. The van der Waals surface area contributed by atoms with Crippen LogP contribution in [0, 0.1) is 19.8 Å². The topological polar surface area (TPSA) is 79.5 Å². The van der Waals surface area contributed by atoms with E-state index in [1.165, 1.54) is 16.7 Å². The molecule has 0 saturated carbocycles. The van der Waals surface area contributed by atoms with E-state index < -0.39 is 17.1 Å². The third-order valence-corrected chi connectivity index (χ3v) is 9.42. The Hall–Kier alpha value is -3.62. The first kappa shape index (κ1) is 23.8. The van der Waals surface area contributed by atoms with Gasteiger partial charge in [0, 0.05) is 16.4 Å². The summed E-state index contributed by atoms with van der Waals surface area (Å²) in [6, 6.07) is 23.1. The highest BCUT2D eigenvalue weighted by Crippen LogP contribution is 2.54. The summed E-state index contributed by atoms with van der Waals surface area (Å²) in [6.45, 7) is 4.38. The predicted octanol–water partition coefficient (Wildman–Crippen LogP) is 5.43. The molecule has 3 atom stereocenters. The first-order valence-corrected chi connectivity index (χ1v) is 13.7. The maximum absolute atomic E-state index is 13.9. The Morgan fingerprint density at radius 3 is 2.41 bits per heavy atom. The second-order valence-electron chi connectivity index (χ2n) is 9.35. The molecule has 1 fully saturated rings. The number of hydrogen-bond donors (Lipinski definition) is 1. The van der Waals surface area contributed by atoms with Crippen molar-refractivity contribution in [1.29, 1.82) is 0 Å². The van der Waals surface area contributed by atoms with E-state index in [-0.39, 0.29) is 16.7 Å². The minimum Gasteiger partial charge on any atom is -0.489 e. The van der Waals surface area contributed by atoms with Crippen molar-refractivity contribution in [3.05, 3.63) is 110 Å². The Bertz CT molecular complexity index is 1570. The van der Waals surface area contributed by atoms with Gasteiger partial charge in [-0.05, 0) is 43.2 Å². The van der Waals surface area contributed by atoms with Crippen LogP contribution < -0.4 is 14.5 Å². The van der Waals surface area contributed by atoms with Crippen molar-refractivity contribution in [2.24, 2.45) is 5.92 Å². The van der Waals surface area contributed by atoms with Crippen molar-refractivity contribution in [1.82, 2.24) is 4.98 Å². The Labute approximate surface area is 222 Å². The van der Waals surface area contributed by atoms with Crippen LogP contribution in [0.15, 0.2) is 82.6 Å². The van der Waals surface area contributed by atoms with Crippen molar-refractivity contribution >= 4 is 40.6 Å². The van der Waals surface area contributed by atoms with Gasteiger partial charge in [-0.25, -0.2) is 4.90 Å². The van der Waals surface area contributed by atoms with E-state index in [2.05, 4.69) is 4.98 Å². The van der Waals surface area contributed by atoms with E-state index in [0.717, 1.165) is 38.5 Å². The molecule has 0 radical (unpaired) electrons. The van der Waals surface area contributed by atoms with E-state index in [9.17, 15) is 14.4 Å². The van der Waals surface area contributed by atoms with Gasteiger partial charge in [-0.3, -0.25) is 14.4 Å². The quantitative estimate of drug-likeness (QED) is 0.350. The Morgan fingerprint density at radius 1 is 0.892 bits per heavy atom. The Balaban J connectivity index is 1.43. The molecule has 37 heavy (non-hydrogen) atoms. The van der Waals surface area contributed by atoms with Crippen LogP contribution >= 0.6 is 23.1 Å². The molecule has 1 aromatic heterocycles. The summed E-state index contributed by atoms with van der Waals surface area (Å²) in [4.78, 5) is 44.7. The van der Waals surface area contributed by atoms with Crippen molar-refractivity contribution in [3.8, 4) is 5.75 Å². The number of H-pyrrole nitrogens is 1. The summed E-state index contributed by atoms with van der Waals surface area (Å²) in [7, 11) is 0. The lowest BCUT2D eigenvalue weighted by molar-refractivity contribution is -0.122. The van der Waals surface area contributed by atoms with Gasteiger partial charge in [0.05, 0.1) is 16.6 Å². The molecule has 3 heterocycles.